The maximum absolute atomic E-state index is 12.3. The summed E-state index contributed by atoms with van der Waals surface area (Å²) in [6.45, 7) is 12.0. The average Bonchev–Trinajstić information content (AvgIpc) is 2.71. The molecule has 8 heteroatoms. The SMILES string of the molecule is CCOC(=O)CCCNc1ccc(Cl)cc1Oc1cccc(C(C)(C)NC(=O)OC(C)(C)C)c1. The highest BCUT2D eigenvalue weighted by atomic mass is 35.5. The second-order valence-electron chi connectivity index (χ2n) is 9.36. The average molecular weight is 491 g/mol. The van der Waals surface area contributed by atoms with Crippen molar-refractivity contribution in [2.45, 2.75) is 65.5 Å². The van der Waals surface area contributed by atoms with Crippen molar-refractivity contribution < 1.29 is 23.8 Å². The summed E-state index contributed by atoms with van der Waals surface area (Å²) in [6.07, 6.45) is 0.473. The predicted octanol–water partition coefficient (Wildman–Crippen LogP) is 6.65. The van der Waals surface area contributed by atoms with E-state index < -0.39 is 17.2 Å². The van der Waals surface area contributed by atoms with Crippen LogP contribution in [0, 0.1) is 0 Å². The highest BCUT2D eigenvalue weighted by Gasteiger charge is 2.26. The number of rotatable bonds is 10. The lowest BCUT2D eigenvalue weighted by atomic mass is 9.94. The van der Waals surface area contributed by atoms with Gasteiger partial charge in [-0.2, -0.15) is 0 Å². The van der Waals surface area contributed by atoms with Gasteiger partial charge >= 0.3 is 12.1 Å². The zero-order valence-corrected chi connectivity index (χ0v) is 21.5. The van der Waals surface area contributed by atoms with Crippen LogP contribution in [0.2, 0.25) is 5.02 Å². The minimum Gasteiger partial charge on any atom is -0.466 e. The van der Waals surface area contributed by atoms with Crippen molar-refractivity contribution in [2.24, 2.45) is 0 Å². The summed E-state index contributed by atoms with van der Waals surface area (Å²) in [7, 11) is 0. The summed E-state index contributed by atoms with van der Waals surface area (Å²) in [5.41, 5.74) is 0.327. The fraction of sp³-hybridized carbons (Fsp3) is 0.462. The number of benzene rings is 2. The maximum atomic E-state index is 12.3. The smallest absolute Gasteiger partial charge is 0.408 e. The zero-order valence-electron chi connectivity index (χ0n) is 20.8. The van der Waals surface area contributed by atoms with E-state index in [9.17, 15) is 9.59 Å². The molecule has 1 amide bonds. The summed E-state index contributed by atoms with van der Waals surface area (Å²) in [5, 5.41) is 6.73. The summed E-state index contributed by atoms with van der Waals surface area (Å²) in [6, 6.07) is 12.8. The first kappa shape index (κ1) is 27.3. The molecule has 0 bridgehead atoms. The lowest BCUT2D eigenvalue weighted by molar-refractivity contribution is -0.143. The Morgan fingerprint density at radius 2 is 1.76 bits per heavy atom. The van der Waals surface area contributed by atoms with E-state index in [0.29, 0.717) is 42.5 Å². The van der Waals surface area contributed by atoms with Crippen molar-refractivity contribution in [1.82, 2.24) is 5.32 Å². The van der Waals surface area contributed by atoms with Crippen LogP contribution in [0.1, 0.15) is 59.9 Å². The standard InChI is InChI=1S/C26H35ClN2O5/c1-7-32-23(30)12-9-15-28-21-14-13-19(27)17-22(21)33-20-11-8-10-18(16-20)26(5,6)29-24(31)34-25(2,3)4/h8,10-11,13-14,16-17,28H,7,9,12,15H2,1-6H3,(H,29,31). The molecule has 34 heavy (non-hydrogen) atoms. The van der Waals surface area contributed by atoms with Crippen molar-refractivity contribution >= 4 is 29.4 Å². The lowest BCUT2D eigenvalue weighted by Crippen LogP contribution is -2.43. The molecule has 0 saturated carbocycles. The maximum Gasteiger partial charge on any atom is 0.408 e. The van der Waals surface area contributed by atoms with Gasteiger partial charge in [0, 0.05) is 24.1 Å². The van der Waals surface area contributed by atoms with Gasteiger partial charge in [-0.3, -0.25) is 4.79 Å². The molecule has 0 aliphatic carbocycles. The van der Waals surface area contributed by atoms with Gasteiger partial charge in [-0.25, -0.2) is 4.79 Å². The molecule has 2 aromatic rings. The van der Waals surface area contributed by atoms with Gasteiger partial charge in [-0.1, -0.05) is 23.7 Å². The second kappa shape index (κ2) is 12.0. The van der Waals surface area contributed by atoms with E-state index in [1.807, 2.05) is 65.0 Å². The number of ether oxygens (including phenoxy) is 3. The first-order valence-corrected chi connectivity index (χ1v) is 11.8. The van der Waals surface area contributed by atoms with Crippen LogP contribution in [-0.2, 0) is 19.8 Å². The number of alkyl carbamates (subject to hydrolysis) is 1. The van der Waals surface area contributed by atoms with Crippen LogP contribution in [0.15, 0.2) is 42.5 Å². The molecule has 2 aromatic carbocycles. The van der Waals surface area contributed by atoms with Crippen LogP contribution < -0.4 is 15.4 Å². The van der Waals surface area contributed by atoms with Crippen molar-refractivity contribution in [3.8, 4) is 11.5 Å². The summed E-state index contributed by atoms with van der Waals surface area (Å²) < 4.78 is 16.5. The molecular formula is C26H35ClN2O5. The Hall–Kier alpha value is -2.93. The van der Waals surface area contributed by atoms with E-state index in [1.165, 1.54) is 0 Å². The van der Waals surface area contributed by atoms with Gasteiger partial charge in [0.05, 0.1) is 17.8 Å². The largest absolute Gasteiger partial charge is 0.466 e. The molecule has 0 aliphatic heterocycles. The number of carbonyl (C=O) groups is 2. The number of anilines is 1. The number of halogens is 1. The molecule has 0 saturated heterocycles. The van der Waals surface area contributed by atoms with E-state index in [2.05, 4.69) is 10.6 Å². The minimum absolute atomic E-state index is 0.212. The quantitative estimate of drug-likeness (QED) is 0.286. The Morgan fingerprint density at radius 3 is 2.44 bits per heavy atom. The molecule has 0 atom stereocenters. The van der Waals surface area contributed by atoms with Gasteiger partial charge in [0.2, 0.25) is 0 Å². The van der Waals surface area contributed by atoms with Gasteiger partial charge in [-0.15, -0.1) is 0 Å². The molecule has 0 heterocycles. The van der Waals surface area contributed by atoms with E-state index in [4.69, 9.17) is 25.8 Å². The van der Waals surface area contributed by atoms with Gasteiger partial charge in [0.15, 0.2) is 5.75 Å². The van der Waals surface area contributed by atoms with Crippen molar-refractivity contribution in [3.63, 3.8) is 0 Å². The number of carbonyl (C=O) groups excluding carboxylic acids is 2. The molecule has 0 aromatic heterocycles. The van der Waals surface area contributed by atoms with Crippen molar-refractivity contribution in [2.75, 3.05) is 18.5 Å². The van der Waals surface area contributed by atoms with Gasteiger partial charge in [0.1, 0.15) is 11.4 Å². The number of nitrogens with one attached hydrogen (secondary N) is 2. The molecule has 7 nitrogen and oxygen atoms in total. The molecule has 2 rings (SSSR count). The molecule has 0 aliphatic rings. The third-order valence-corrected chi connectivity index (χ3v) is 4.95. The Labute approximate surface area is 207 Å². The Balaban J connectivity index is 2.11. The molecule has 0 fully saturated rings. The number of esters is 1. The van der Waals surface area contributed by atoms with E-state index in [0.717, 1.165) is 11.3 Å². The molecule has 2 N–H and O–H groups in total. The summed E-state index contributed by atoms with van der Waals surface area (Å²) in [4.78, 5) is 23.8. The Kier molecular flexibility index (Phi) is 9.62. The molecular weight excluding hydrogens is 456 g/mol. The highest BCUT2D eigenvalue weighted by molar-refractivity contribution is 6.30. The van der Waals surface area contributed by atoms with Crippen molar-refractivity contribution in [1.29, 1.82) is 0 Å². The van der Waals surface area contributed by atoms with Gasteiger partial charge in [0.25, 0.3) is 0 Å². The van der Waals surface area contributed by atoms with Crippen LogP contribution in [0.5, 0.6) is 11.5 Å². The van der Waals surface area contributed by atoms with Crippen LogP contribution in [0.3, 0.4) is 0 Å². The third kappa shape index (κ3) is 9.14. The molecule has 186 valence electrons. The number of hydrogen-bond acceptors (Lipinski definition) is 6. The van der Waals surface area contributed by atoms with E-state index >= 15 is 0 Å². The number of amides is 1. The second-order valence-corrected chi connectivity index (χ2v) is 9.79. The molecule has 0 unspecified atom stereocenters. The topological polar surface area (TPSA) is 85.9 Å². The Morgan fingerprint density at radius 1 is 1.03 bits per heavy atom. The number of hydrogen-bond donors (Lipinski definition) is 2. The first-order valence-electron chi connectivity index (χ1n) is 11.4. The van der Waals surface area contributed by atoms with Gasteiger partial charge < -0.3 is 24.8 Å². The fourth-order valence-electron chi connectivity index (χ4n) is 3.12. The molecule has 0 radical (unpaired) electrons. The predicted molar refractivity (Wildman–Crippen MR) is 135 cm³/mol. The minimum atomic E-state index is -0.690. The monoisotopic (exact) mass is 490 g/mol. The van der Waals surface area contributed by atoms with Crippen LogP contribution in [0.4, 0.5) is 10.5 Å². The van der Waals surface area contributed by atoms with Crippen LogP contribution >= 0.6 is 11.6 Å². The fourth-order valence-corrected chi connectivity index (χ4v) is 3.28. The van der Waals surface area contributed by atoms with E-state index in [-0.39, 0.29) is 5.97 Å². The van der Waals surface area contributed by atoms with Crippen molar-refractivity contribution in [3.05, 3.63) is 53.1 Å². The van der Waals surface area contributed by atoms with Gasteiger partial charge in [-0.05, 0) is 77.8 Å². The Bertz CT molecular complexity index is 985. The summed E-state index contributed by atoms with van der Waals surface area (Å²) >= 11 is 6.20. The van der Waals surface area contributed by atoms with Crippen LogP contribution in [0.25, 0.3) is 0 Å². The van der Waals surface area contributed by atoms with E-state index in [1.54, 1.807) is 19.1 Å². The summed E-state index contributed by atoms with van der Waals surface area (Å²) in [5.74, 6) is 0.934. The zero-order chi connectivity index (χ0) is 25.4. The normalized spacial score (nSPS) is 11.5. The molecule has 0 spiro atoms. The lowest BCUT2D eigenvalue weighted by Gasteiger charge is -2.29. The van der Waals surface area contributed by atoms with Crippen LogP contribution in [-0.4, -0.2) is 30.8 Å². The first-order chi connectivity index (χ1) is 15.9. The highest BCUT2D eigenvalue weighted by Crippen LogP contribution is 2.34. The third-order valence-electron chi connectivity index (χ3n) is 4.72.